The lowest BCUT2D eigenvalue weighted by molar-refractivity contribution is 0.112. The fourth-order valence-corrected chi connectivity index (χ4v) is 2.77. The molecule has 17 heavy (non-hydrogen) atoms. The highest BCUT2D eigenvalue weighted by atomic mass is 79.9. The van der Waals surface area contributed by atoms with Crippen molar-refractivity contribution in [2.45, 2.75) is 24.7 Å². The Labute approximate surface area is 106 Å². The monoisotopic (exact) mass is 299 g/mol. The third-order valence-corrected chi connectivity index (χ3v) is 3.53. The van der Waals surface area contributed by atoms with Crippen LogP contribution >= 0.6 is 15.9 Å². The topological polar surface area (TPSA) is 47.9 Å². The molecule has 2 aliphatic rings. The third-order valence-electron chi connectivity index (χ3n) is 3.15. The quantitative estimate of drug-likeness (QED) is 0.773. The van der Waals surface area contributed by atoms with E-state index in [9.17, 15) is 9.50 Å². The van der Waals surface area contributed by atoms with Gasteiger partial charge in [-0.2, -0.15) is 5.01 Å². The first-order valence-electron chi connectivity index (χ1n) is 5.37. The summed E-state index contributed by atoms with van der Waals surface area (Å²) in [5.41, 5.74) is 4.03. The number of hydrazine groups is 1. The van der Waals surface area contributed by atoms with E-state index in [2.05, 4.69) is 26.3 Å². The second-order valence-corrected chi connectivity index (χ2v) is 4.97. The van der Waals surface area contributed by atoms with Gasteiger partial charge in [0.05, 0.1) is 12.1 Å². The van der Waals surface area contributed by atoms with E-state index in [1.165, 1.54) is 12.1 Å². The average Bonchev–Trinajstić information content (AvgIpc) is 2.80. The smallest absolute Gasteiger partial charge is 0.182 e. The largest absolute Gasteiger partial charge is 0.389 e. The molecule has 2 aliphatic heterocycles. The number of amidine groups is 1. The summed E-state index contributed by atoms with van der Waals surface area (Å²) in [5, 5.41) is 11.8. The van der Waals surface area contributed by atoms with Crippen LogP contribution in [0.1, 0.15) is 18.0 Å². The van der Waals surface area contributed by atoms with Gasteiger partial charge in [0.2, 0.25) is 0 Å². The lowest BCUT2D eigenvalue weighted by atomic mass is 10.0. The fraction of sp³-hybridized carbons (Fsp3) is 0.364. The molecule has 0 bridgehead atoms. The van der Waals surface area contributed by atoms with E-state index in [4.69, 9.17) is 0 Å². The Morgan fingerprint density at radius 2 is 2.12 bits per heavy atom. The number of aliphatic hydroxyl groups is 1. The highest BCUT2D eigenvalue weighted by molar-refractivity contribution is 9.18. The van der Waals surface area contributed by atoms with Crippen LogP contribution in [-0.2, 0) is 0 Å². The molecular formula is C11H11BrFN3O. The van der Waals surface area contributed by atoms with Crippen molar-refractivity contribution in [1.82, 2.24) is 10.4 Å². The molecule has 0 aromatic heterocycles. The Morgan fingerprint density at radius 3 is 2.82 bits per heavy atom. The normalized spacial score (nSPS) is 32.2. The summed E-state index contributed by atoms with van der Waals surface area (Å²) >= 11 is 3.26. The van der Waals surface area contributed by atoms with Gasteiger partial charge in [-0.1, -0.05) is 12.1 Å². The van der Waals surface area contributed by atoms with Gasteiger partial charge >= 0.3 is 0 Å². The highest BCUT2D eigenvalue weighted by Gasteiger charge is 2.44. The van der Waals surface area contributed by atoms with Crippen LogP contribution in [-0.4, -0.2) is 27.1 Å². The Bertz CT molecular complexity index is 464. The molecule has 3 atom stereocenters. The Morgan fingerprint density at radius 1 is 1.41 bits per heavy atom. The van der Waals surface area contributed by atoms with Crippen LogP contribution in [0.15, 0.2) is 29.3 Å². The standard InChI is InChI=1S/C11H11BrFN3O/c12-11-14-10-9(17)5-8(16(10)15-11)6-1-3-7(13)4-2-6/h1-4,8-10,17H,5H2,(H,14,15). The fourth-order valence-electron chi connectivity index (χ4n) is 2.36. The van der Waals surface area contributed by atoms with E-state index in [0.29, 0.717) is 11.2 Å². The molecule has 0 amide bonds. The van der Waals surface area contributed by atoms with Crippen molar-refractivity contribution in [2.75, 3.05) is 0 Å². The molecule has 6 heteroatoms. The van der Waals surface area contributed by atoms with Crippen molar-refractivity contribution >= 4 is 20.7 Å². The van der Waals surface area contributed by atoms with Crippen LogP contribution in [0.2, 0.25) is 0 Å². The lowest BCUT2D eigenvalue weighted by Crippen LogP contribution is -2.39. The highest BCUT2D eigenvalue weighted by Crippen LogP contribution is 2.37. The average molecular weight is 300 g/mol. The van der Waals surface area contributed by atoms with Crippen LogP contribution in [0.5, 0.6) is 0 Å². The van der Waals surface area contributed by atoms with Gasteiger partial charge in [0.1, 0.15) is 12.0 Å². The molecule has 0 aliphatic carbocycles. The SMILES string of the molecule is OC1CC(c2ccc(F)cc2)N2NC(Br)=NC12. The second-order valence-electron chi connectivity index (χ2n) is 4.22. The molecule has 0 radical (unpaired) electrons. The number of nitrogens with zero attached hydrogens (tertiary/aromatic N) is 2. The molecular weight excluding hydrogens is 289 g/mol. The first kappa shape index (κ1) is 11.1. The minimum Gasteiger partial charge on any atom is -0.389 e. The van der Waals surface area contributed by atoms with E-state index in [-0.39, 0.29) is 18.0 Å². The van der Waals surface area contributed by atoms with Crippen molar-refractivity contribution in [3.8, 4) is 0 Å². The molecule has 1 aromatic carbocycles. The maximum atomic E-state index is 12.9. The zero-order chi connectivity index (χ0) is 12.0. The van der Waals surface area contributed by atoms with Gasteiger partial charge in [0, 0.05) is 0 Å². The number of hydrogen-bond donors (Lipinski definition) is 2. The number of fused-ring (bicyclic) bond motifs is 1. The van der Waals surface area contributed by atoms with Gasteiger partial charge < -0.3 is 5.11 Å². The maximum absolute atomic E-state index is 12.9. The van der Waals surface area contributed by atoms with Crippen molar-refractivity contribution in [2.24, 2.45) is 4.99 Å². The Hall–Kier alpha value is -0.980. The number of aliphatic hydroxyl groups excluding tert-OH is 1. The summed E-state index contributed by atoms with van der Waals surface area (Å²) < 4.78 is 13.5. The van der Waals surface area contributed by atoms with Crippen LogP contribution in [0, 0.1) is 5.82 Å². The van der Waals surface area contributed by atoms with E-state index in [1.807, 2.05) is 5.01 Å². The summed E-state index contributed by atoms with van der Waals surface area (Å²) in [7, 11) is 0. The Balaban J connectivity index is 1.88. The van der Waals surface area contributed by atoms with Gasteiger partial charge in [0.15, 0.2) is 4.74 Å². The molecule has 1 aromatic rings. The molecule has 1 saturated heterocycles. The maximum Gasteiger partial charge on any atom is 0.182 e. The van der Waals surface area contributed by atoms with Gasteiger partial charge in [0.25, 0.3) is 0 Å². The van der Waals surface area contributed by atoms with Crippen LogP contribution in [0.25, 0.3) is 0 Å². The zero-order valence-corrected chi connectivity index (χ0v) is 10.4. The number of rotatable bonds is 1. The molecule has 4 nitrogen and oxygen atoms in total. The van der Waals surface area contributed by atoms with Gasteiger partial charge in [-0.15, -0.1) is 0 Å². The second kappa shape index (κ2) is 4.04. The summed E-state index contributed by atoms with van der Waals surface area (Å²) in [6.07, 6.45) is -0.181. The first-order valence-corrected chi connectivity index (χ1v) is 6.16. The first-order chi connectivity index (χ1) is 8.15. The molecule has 3 rings (SSSR count). The van der Waals surface area contributed by atoms with Crippen LogP contribution in [0.3, 0.4) is 0 Å². The van der Waals surface area contributed by atoms with E-state index in [0.717, 1.165) is 5.56 Å². The zero-order valence-electron chi connectivity index (χ0n) is 8.85. The van der Waals surface area contributed by atoms with E-state index < -0.39 is 6.10 Å². The third kappa shape index (κ3) is 1.86. The molecule has 3 unspecified atom stereocenters. The summed E-state index contributed by atoms with van der Waals surface area (Å²) in [6, 6.07) is 6.35. The predicted octanol–water partition coefficient (Wildman–Crippen LogP) is 1.53. The minimum absolute atomic E-state index is 0.00870. The van der Waals surface area contributed by atoms with Crippen molar-refractivity contribution in [3.63, 3.8) is 0 Å². The molecule has 1 fully saturated rings. The van der Waals surface area contributed by atoms with Crippen molar-refractivity contribution in [1.29, 1.82) is 0 Å². The van der Waals surface area contributed by atoms with E-state index >= 15 is 0 Å². The van der Waals surface area contributed by atoms with Crippen LogP contribution < -0.4 is 5.43 Å². The summed E-state index contributed by atoms with van der Waals surface area (Å²) in [4.78, 5) is 4.25. The predicted molar refractivity (Wildman–Crippen MR) is 64.9 cm³/mol. The van der Waals surface area contributed by atoms with Gasteiger partial charge in [-0.25, -0.2) is 9.38 Å². The lowest BCUT2D eigenvalue weighted by Gasteiger charge is -2.23. The summed E-state index contributed by atoms with van der Waals surface area (Å²) in [5.74, 6) is -0.254. The molecule has 2 heterocycles. The molecule has 2 N–H and O–H groups in total. The molecule has 0 saturated carbocycles. The number of hydrogen-bond acceptors (Lipinski definition) is 4. The van der Waals surface area contributed by atoms with Crippen molar-refractivity contribution in [3.05, 3.63) is 35.6 Å². The molecule has 90 valence electrons. The van der Waals surface area contributed by atoms with E-state index in [1.54, 1.807) is 12.1 Å². The Kier molecular flexibility index (Phi) is 2.65. The van der Waals surface area contributed by atoms with Gasteiger partial charge in [-0.3, -0.25) is 5.43 Å². The molecule has 0 spiro atoms. The van der Waals surface area contributed by atoms with Crippen LogP contribution in [0.4, 0.5) is 4.39 Å². The van der Waals surface area contributed by atoms with Crippen molar-refractivity contribution < 1.29 is 9.50 Å². The number of halogens is 2. The van der Waals surface area contributed by atoms with Gasteiger partial charge in [-0.05, 0) is 40.0 Å². The number of aliphatic imine (C=N–C) groups is 1. The number of benzene rings is 1. The summed E-state index contributed by atoms with van der Waals surface area (Å²) in [6.45, 7) is 0. The minimum atomic E-state index is -0.507. The number of nitrogens with one attached hydrogen (secondary N) is 1.